The number of carbonyl (C=O) groups excluding carboxylic acids is 4. The Kier molecular flexibility index (Phi) is 8.09. The number of esters is 1. The summed E-state index contributed by atoms with van der Waals surface area (Å²) in [5.74, 6) is -3.39. The van der Waals surface area contributed by atoms with E-state index in [1.54, 1.807) is 23.1 Å². The van der Waals surface area contributed by atoms with Crippen molar-refractivity contribution in [1.82, 2.24) is 15.1 Å². The van der Waals surface area contributed by atoms with Crippen LogP contribution in [-0.2, 0) is 28.7 Å². The summed E-state index contributed by atoms with van der Waals surface area (Å²) < 4.78 is 12.7. The van der Waals surface area contributed by atoms with Crippen molar-refractivity contribution < 1.29 is 33.8 Å². The first-order valence-corrected chi connectivity index (χ1v) is 14.0. The zero-order valence-electron chi connectivity index (χ0n) is 22.9. The molecule has 1 spiro atoms. The number of likely N-dealkylation sites (tertiary alicyclic amines) is 1. The predicted octanol–water partition coefficient (Wildman–Crippen LogP) is 1.51. The third-order valence-corrected chi connectivity index (χ3v) is 8.26. The van der Waals surface area contributed by atoms with Gasteiger partial charge in [0.2, 0.25) is 17.7 Å². The lowest BCUT2D eigenvalue weighted by atomic mass is 9.77. The fraction of sp³-hybridized carbons (Fsp3) is 0.533. The van der Waals surface area contributed by atoms with Crippen LogP contribution in [0.15, 0.2) is 54.6 Å². The summed E-state index contributed by atoms with van der Waals surface area (Å²) in [5.41, 5.74) is -0.658. The number of benzene rings is 1. The molecule has 5 rings (SSSR count). The minimum Gasteiger partial charge on any atom is -0.455 e. The van der Waals surface area contributed by atoms with Crippen molar-refractivity contribution in [3.05, 3.63) is 60.2 Å². The van der Waals surface area contributed by atoms with Crippen molar-refractivity contribution in [1.29, 1.82) is 0 Å². The number of aliphatic hydroxyl groups is 1. The van der Waals surface area contributed by atoms with Crippen LogP contribution in [-0.4, -0.2) is 88.6 Å². The number of hydrogen-bond acceptors (Lipinski definition) is 7. The Morgan fingerprint density at radius 1 is 1.10 bits per heavy atom. The zero-order chi connectivity index (χ0) is 28.4. The molecule has 4 aliphatic heterocycles. The minimum atomic E-state index is -1.37. The van der Waals surface area contributed by atoms with Crippen LogP contribution >= 0.6 is 0 Å². The van der Waals surface area contributed by atoms with E-state index >= 15 is 0 Å². The van der Waals surface area contributed by atoms with Crippen molar-refractivity contribution >= 4 is 23.7 Å². The molecule has 2 fully saturated rings. The van der Waals surface area contributed by atoms with E-state index in [1.807, 2.05) is 50.3 Å². The number of rotatable bonds is 5. The van der Waals surface area contributed by atoms with Gasteiger partial charge in [0.25, 0.3) is 0 Å². The molecular weight excluding hydrogens is 514 g/mol. The van der Waals surface area contributed by atoms with Gasteiger partial charge in [-0.25, -0.2) is 0 Å². The molecule has 4 heterocycles. The Morgan fingerprint density at radius 3 is 2.60 bits per heavy atom. The first-order valence-electron chi connectivity index (χ1n) is 14.0. The van der Waals surface area contributed by atoms with Crippen molar-refractivity contribution in [2.45, 2.75) is 63.0 Å². The van der Waals surface area contributed by atoms with Gasteiger partial charge in [0.15, 0.2) is 0 Å². The van der Waals surface area contributed by atoms with Crippen LogP contribution in [0.1, 0.15) is 44.8 Å². The topological polar surface area (TPSA) is 125 Å². The van der Waals surface area contributed by atoms with Crippen LogP contribution in [0.5, 0.6) is 0 Å². The van der Waals surface area contributed by atoms with E-state index in [9.17, 15) is 24.3 Å². The van der Waals surface area contributed by atoms with Crippen LogP contribution in [0.3, 0.4) is 0 Å². The van der Waals surface area contributed by atoms with Crippen LogP contribution in [0.2, 0.25) is 0 Å². The molecule has 0 bridgehead atoms. The zero-order valence-corrected chi connectivity index (χ0v) is 22.9. The second-order valence-corrected chi connectivity index (χ2v) is 11.0. The van der Waals surface area contributed by atoms with Crippen LogP contribution in [0, 0.1) is 11.8 Å². The van der Waals surface area contributed by atoms with Crippen molar-refractivity contribution in [2.75, 3.05) is 26.2 Å². The van der Waals surface area contributed by atoms with Gasteiger partial charge >= 0.3 is 5.97 Å². The molecule has 0 aromatic heterocycles. The molecule has 0 saturated carbocycles. The molecule has 10 nitrogen and oxygen atoms in total. The average Bonchev–Trinajstić information content (AvgIpc) is 3.31. The molecular formula is C30H37N3O7. The number of allylic oxidation sites excluding steroid dienone is 1. The van der Waals surface area contributed by atoms with Gasteiger partial charge in [0.05, 0.1) is 18.6 Å². The van der Waals surface area contributed by atoms with Gasteiger partial charge in [-0.2, -0.15) is 0 Å². The van der Waals surface area contributed by atoms with E-state index in [4.69, 9.17) is 9.47 Å². The van der Waals surface area contributed by atoms with E-state index in [0.29, 0.717) is 18.5 Å². The molecule has 0 radical (unpaired) electrons. The quantitative estimate of drug-likeness (QED) is 0.420. The smallest absolute Gasteiger partial charge is 0.313 e. The molecule has 1 aromatic rings. The van der Waals surface area contributed by atoms with Gasteiger partial charge in [-0.3, -0.25) is 19.2 Å². The number of fused-ring (bicyclic) bond motifs is 2. The van der Waals surface area contributed by atoms with Crippen LogP contribution in [0.4, 0.5) is 0 Å². The van der Waals surface area contributed by atoms with Gasteiger partial charge in [0.1, 0.15) is 23.7 Å². The molecule has 4 aliphatic rings. The number of nitrogens with one attached hydrogen (secondary N) is 1. The van der Waals surface area contributed by atoms with E-state index in [1.165, 1.54) is 4.90 Å². The lowest BCUT2D eigenvalue weighted by molar-refractivity contribution is -0.160. The van der Waals surface area contributed by atoms with Crippen LogP contribution in [0.25, 0.3) is 0 Å². The monoisotopic (exact) mass is 551 g/mol. The van der Waals surface area contributed by atoms with E-state index in [0.717, 1.165) is 0 Å². The molecule has 1 aromatic carbocycles. The molecule has 2 N–H and O–H groups in total. The maximum Gasteiger partial charge on any atom is 0.313 e. The van der Waals surface area contributed by atoms with E-state index in [2.05, 4.69) is 5.32 Å². The molecule has 0 aliphatic carbocycles. The summed E-state index contributed by atoms with van der Waals surface area (Å²) in [6.07, 6.45) is 6.49. The van der Waals surface area contributed by atoms with Gasteiger partial charge < -0.3 is 29.7 Å². The summed E-state index contributed by atoms with van der Waals surface area (Å²) >= 11 is 0. The fourth-order valence-corrected chi connectivity index (χ4v) is 6.37. The lowest BCUT2D eigenvalue weighted by Gasteiger charge is -2.36. The predicted molar refractivity (Wildman–Crippen MR) is 144 cm³/mol. The summed E-state index contributed by atoms with van der Waals surface area (Å²) in [7, 11) is 0. The van der Waals surface area contributed by atoms with Gasteiger partial charge in [0, 0.05) is 32.2 Å². The first-order chi connectivity index (χ1) is 19.3. The molecule has 3 amide bonds. The lowest BCUT2D eigenvalue weighted by Crippen LogP contribution is -2.56. The number of nitrogens with zero attached hydrogens (tertiary/aromatic N) is 2. The highest BCUT2D eigenvalue weighted by Gasteiger charge is 2.71. The Labute approximate surface area is 234 Å². The average molecular weight is 552 g/mol. The molecule has 0 unspecified atom stereocenters. The maximum absolute atomic E-state index is 14.1. The highest BCUT2D eigenvalue weighted by Crippen LogP contribution is 2.53. The Balaban J connectivity index is 1.58. The Hall–Kier alpha value is -3.50. The maximum atomic E-state index is 14.1. The van der Waals surface area contributed by atoms with Crippen molar-refractivity contribution in [2.24, 2.45) is 11.8 Å². The van der Waals surface area contributed by atoms with Crippen molar-refractivity contribution in [3.8, 4) is 0 Å². The number of amides is 3. The van der Waals surface area contributed by atoms with E-state index in [-0.39, 0.29) is 56.3 Å². The minimum absolute atomic E-state index is 0.0906. The number of aliphatic hydroxyl groups excluding tert-OH is 1. The number of ether oxygens (including phenoxy) is 2. The molecule has 214 valence electrons. The van der Waals surface area contributed by atoms with Gasteiger partial charge in [-0.15, -0.1) is 0 Å². The second kappa shape index (κ2) is 11.5. The SMILES string of the molecule is CC(C)N1CC=C[C@]23O[C@@H]4/C=C\CCC(=O)NC[C@@H](c5ccccc5)OC(=O)[C@@H]4[C@H]2C(=O)N(CCCO)[C@@H]3C1=O. The van der Waals surface area contributed by atoms with Crippen LogP contribution < -0.4 is 5.32 Å². The standard InChI is InChI=1S/C30H37N3O7/c1-19(2)32-15-8-14-30-25(27(36)33(16-9-17-34)26(30)28(32)37)24-21(40-30)12-6-7-13-23(35)31-18-22(39-29(24)38)20-10-4-3-5-11-20/h3-6,8,10-12,14,19,21-22,24-26,34H,7,9,13,15-18H2,1-2H3,(H,31,35)/b12-6-/t21-,22+,24+,25+,26-,30+/m1/s1. The van der Waals surface area contributed by atoms with Gasteiger partial charge in [-0.1, -0.05) is 54.6 Å². The third kappa shape index (κ3) is 4.94. The normalized spacial score (nSPS) is 33.4. The summed E-state index contributed by atoms with van der Waals surface area (Å²) in [6, 6.07) is 8.05. The Morgan fingerprint density at radius 2 is 1.88 bits per heavy atom. The molecule has 40 heavy (non-hydrogen) atoms. The number of cyclic esters (lactones) is 1. The summed E-state index contributed by atoms with van der Waals surface area (Å²) in [6.45, 7) is 4.29. The highest BCUT2D eigenvalue weighted by atomic mass is 16.6. The highest BCUT2D eigenvalue weighted by molar-refractivity contribution is 5.99. The fourth-order valence-electron chi connectivity index (χ4n) is 6.37. The number of carbonyl (C=O) groups is 4. The first kappa shape index (κ1) is 28.0. The summed E-state index contributed by atoms with van der Waals surface area (Å²) in [5, 5.41) is 12.4. The second-order valence-electron chi connectivity index (χ2n) is 11.0. The van der Waals surface area contributed by atoms with E-state index < -0.39 is 41.7 Å². The third-order valence-electron chi connectivity index (χ3n) is 8.26. The number of hydrogen-bond donors (Lipinski definition) is 2. The Bertz CT molecular complexity index is 1200. The largest absolute Gasteiger partial charge is 0.455 e. The molecule has 6 atom stereocenters. The van der Waals surface area contributed by atoms with Gasteiger partial charge in [-0.05, 0) is 32.3 Å². The van der Waals surface area contributed by atoms with Crippen molar-refractivity contribution in [3.63, 3.8) is 0 Å². The molecule has 2 saturated heterocycles. The molecule has 10 heteroatoms. The summed E-state index contributed by atoms with van der Waals surface area (Å²) in [4.78, 5) is 57.7.